The third kappa shape index (κ3) is 4.42. The summed E-state index contributed by atoms with van der Waals surface area (Å²) < 4.78 is 0. The lowest BCUT2D eigenvalue weighted by Crippen LogP contribution is -2.41. The van der Waals surface area contributed by atoms with E-state index >= 15 is 0 Å². The summed E-state index contributed by atoms with van der Waals surface area (Å²) in [6, 6.07) is 0.801. The van der Waals surface area contributed by atoms with E-state index in [4.69, 9.17) is 0 Å². The van der Waals surface area contributed by atoms with Crippen molar-refractivity contribution in [3.05, 3.63) is 0 Å². The fourth-order valence-corrected chi connectivity index (χ4v) is 2.82. The highest BCUT2D eigenvalue weighted by Gasteiger charge is 2.23. The van der Waals surface area contributed by atoms with Crippen molar-refractivity contribution in [2.75, 3.05) is 26.7 Å². The molecule has 0 radical (unpaired) electrons. The second kappa shape index (κ2) is 8.08. The summed E-state index contributed by atoms with van der Waals surface area (Å²) in [6.07, 6.45) is 8.32. The zero-order valence-corrected chi connectivity index (χ0v) is 11.5. The van der Waals surface area contributed by atoms with Gasteiger partial charge in [0.2, 0.25) is 0 Å². The Kier molecular flexibility index (Phi) is 7.06. The van der Waals surface area contributed by atoms with Crippen molar-refractivity contribution in [3.8, 4) is 0 Å². The van der Waals surface area contributed by atoms with Crippen molar-refractivity contribution < 1.29 is 0 Å². The van der Waals surface area contributed by atoms with Crippen LogP contribution in [-0.2, 0) is 0 Å². The first-order chi connectivity index (χ1) is 7.79. The Morgan fingerprint density at radius 2 is 1.75 bits per heavy atom. The summed E-state index contributed by atoms with van der Waals surface area (Å²) >= 11 is 0. The summed E-state index contributed by atoms with van der Waals surface area (Å²) in [6.45, 7) is 8.57. The molecular weight excluding hydrogens is 196 g/mol. The molecule has 1 N–H and O–H groups in total. The van der Waals surface area contributed by atoms with Gasteiger partial charge in [0.25, 0.3) is 0 Å². The van der Waals surface area contributed by atoms with Gasteiger partial charge < -0.3 is 10.2 Å². The van der Waals surface area contributed by atoms with Gasteiger partial charge in [0.05, 0.1) is 0 Å². The molecule has 2 atom stereocenters. The lowest BCUT2D eigenvalue weighted by atomic mass is 9.94. The Bertz CT molecular complexity index is 162. The van der Waals surface area contributed by atoms with Gasteiger partial charge in [-0.05, 0) is 51.9 Å². The average molecular weight is 226 g/mol. The van der Waals surface area contributed by atoms with Crippen LogP contribution in [0.2, 0.25) is 0 Å². The maximum absolute atomic E-state index is 3.31. The van der Waals surface area contributed by atoms with Crippen LogP contribution < -0.4 is 5.32 Å². The minimum atomic E-state index is 0.801. The highest BCUT2D eigenvalue weighted by Crippen LogP contribution is 2.21. The van der Waals surface area contributed by atoms with Gasteiger partial charge in [0, 0.05) is 6.04 Å². The van der Waals surface area contributed by atoms with E-state index in [0.717, 1.165) is 18.5 Å². The van der Waals surface area contributed by atoms with E-state index in [0.29, 0.717) is 0 Å². The van der Waals surface area contributed by atoms with Gasteiger partial charge in [-0.25, -0.2) is 0 Å². The van der Waals surface area contributed by atoms with Crippen LogP contribution in [0, 0.1) is 5.92 Å². The van der Waals surface area contributed by atoms with E-state index in [-0.39, 0.29) is 0 Å². The largest absolute Gasteiger partial charge is 0.320 e. The number of nitrogens with zero attached hydrogens (tertiary/aromatic N) is 1. The normalized spacial score (nSPS) is 22.7. The van der Waals surface area contributed by atoms with Crippen molar-refractivity contribution in [3.63, 3.8) is 0 Å². The van der Waals surface area contributed by atoms with Crippen molar-refractivity contribution >= 4 is 0 Å². The van der Waals surface area contributed by atoms with Crippen molar-refractivity contribution in [2.45, 2.75) is 58.4 Å². The van der Waals surface area contributed by atoms with Crippen LogP contribution in [0.25, 0.3) is 0 Å². The molecule has 2 unspecified atom stereocenters. The Morgan fingerprint density at radius 1 is 1.12 bits per heavy atom. The second-order valence-corrected chi connectivity index (χ2v) is 5.30. The molecule has 0 amide bonds. The standard InChI is InChI=1S/C14H30N2/c1-4-13(2)14(9-10-15-3)16-11-7-5-6-8-12-16/h13-15H,4-12H2,1-3H3. The first-order valence-corrected chi connectivity index (χ1v) is 7.18. The van der Waals surface area contributed by atoms with Gasteiger partial charge in [-0.2, -0.15) is 0 Å². The van der Waals surface area contributed by atoms with Crippen LogP contribution in [0.3, 0.4) is 0 Å². The number of hydrogen-bond donors (Lipinski definition) is 1. The molecule has 1 fully saturated rings. The molecule has 0 bridgehead atoms. The molecule has 2 heteroatoms. The fraction of sp³-hybridized carbons (Fsp3) is 1.00. The quantitative estimate of drug-likeness (QED) is 0.749. The van der Waals surface area contributed by atoms with Crippen LogP contribution in [0.15, 0.2) is 0 Å². The molecule has 1 heterocycles. The Balaban J connectivity index is 2.50. The van der Waals surface area contributed by atoms with Crippen LogP contribution in [0.1, 0.15) is 52.4 Å². The number of rotatable bonds is 6. The average Bonchev–Trinajstić information content (AvgIpc) is 2.58. The molecule has 0 spiro atoms. The predicted octanol–water partition coefficient (Wildman–Crippen LogP) is 2.89. The maximum atomic E-state index is 3.31. The van der Waals surface area contributed by atoms with Gasteiger partial charge in [-0.15, -0.1) is 0 Å². The molecule has 0 saturated carbocycles. The van der Waals surface area contributed by atoms with E-state index in [1.54, 1.807) is 0 Å². The van der Waals surface area contributed by atoms with Gasteiger partial charge >= 0.3 is 0 Å². The van der Waals surface area contributed by atoms with Crippen LogP contribution >= 0.6 is 0 Å². The highest BCUT2D eigenvalue weighted by atomic mass is 15.2. The van der Waals surface area contributed by atoms with E-state index in [9.17, 15) is 0 Å². The zero-order valence-electron chi connectivity index (χ0n) is 11.5. The van der Waals surface area contributed by atoms with Gasteiger partial charge in [0.15, 0.2) is 0 Å². The number of hydrogen-bond acceptors (Lipinski definition) is 2. The molecule has 0 aromatic rings. The highest BCUT2D eigenvalue weighted by molar-refractivity contribution is 4.78. The molecular formula is C14H30N2. The zero-order chi connectivity index (χ0) is 11.8. The third-order valence-electron chi connectivity index (χ3n) is 4.10. The molecule has 1 rings (SSSR count). The molecule has 0 aromatic carbocycles. The Labute approximate surface area is 102 Å². The van der Waals surface area contributed by atoms with Crippen molar-refractivity contribution in [2.24, 2.45) is 5.92 Å². The summed E-state index contributed by atoms with van der Waals surface area (Å²) in [5.74, 6) is 0.839. The van der Waals surface area contributed by atoms with E-state index in [1.165, 1.54) is 51.6 Å². The van der Waals surface area contributed by atoms with E-state index in [1.807, 2.05) is 0 Å². The number of nitrogens with one attached hydrogen (secondary N) is 1. The van der Waals surface area contributed by atoms with Crippen molar-refractivity contribution in [1.29, 1.82) is 0 Å². The molecule has 0 aliphatic carbocycles. The van der Waals surface area contributed by atoms with Crippen molar-refractivity contribution in [1.82, 2.24) is 10.2 Å². The summed E-state index contributed by atoms with van der Waals surface area (Å²) in [4.78, 5) is 2.76. The lowest BCUT2D eigenvalue weighted by Gasteiger charge is -2.35. The second-order valence-electron chi connectivity index (χ2n) is 5.30. The maximum Gasteiger partial charge on any atom is 0.0133 e. The lowest BCUT2D eigenvalue weighted by molar-refractivity contribution is 0.141. The molecule has 1 aliphatic heterocycles. The van der Waals surface area contributed by atoms with Crippen LogP contribution in [0.4, 0.5) is 0 Å². The summed E-state index contributed by atoms with van der Waals surface area (Å²) in [5, 5.41) is 3.31. The first kappa shape index (κ1) is 14.0. The van der Waals surface area contributed by atoms with E-state index < -0.39 is 0 Å². The summed E-state index contributed by atoms with van der Waals surface area (Å²) in [7, 11) is 2.07. The molecule has 1 aliphatic rings. The van der Waals surface area contributed by atoms with Gasteiger partial charge in [-0.1, -0.05) is 33.1 Å². The topological polar surface area (TPSA) is 15.3 Å². The molecule has 16 heavy (non-hydrogen) atoms. The smallest absolute Gasteiger partial charge is 0.0133 e. The minimum absolute atomic E-state index is 0.801. The Morgan fingerprint density at radius 3 is 2.25 bits per heavy atom. The van der Waals surface area contributed by atoms with Crippen LogP contribution in [0.5, 0.6) is 0 Å². The molecule has 2 nitrogen and oxygen atoms in total. The third-order valence-corrected chi connectivity index (χ3v) is 4.10. The van der Waals surface area contributed by atoms with Gasteiger partial charge in [-0.3, -0.25) is 0 Å². The predicted molar refractivity (Wildman–Crippen MR) is 71.8 cm³/mol. The minimum Gasteiger partial charge on any atom is -0.320 e. The molecule has 0 aromatic heterocycles. The number of likely N-dealkylation sites (tertiary alicyclic amines) is 1. The fourth-order valence-electron chi connectivity index (χ4n) is 2.82. The summed E-state index contributed by atoms with van der Waals surface area (Å²) in [5.41, 5.74) is 0. The van der Waals surface area contributed by atoms with Crippen LogP contribution in [-0.4, -0.2) is 37.6 Å². The molecule has 1 saturated heterocycles. The first-order valence-electron chi connectivity index (χ1n) is 7.18. The monoisotopic (exact) mass is 226 g/mol. The van der Waals surface area contributed by atoms with Gasteiger partial charge in [0.1, 0.15) is 0 Å². The molecule has 96 valence electrons. The van der Waals surface area contributed by atoms with E-state index in [2.05, 4.69) is 31.1 Å². The SMILES string of the molecule is CCC(C)C(CCNC)N1CCCCCC1. The Hall–Kier alpha value is -0.0800.